The van der Waals surface area contributed by atoms with E-state index in [1.165, 1.54) is 25.1 Å². The van der Waals surface area contributed by atoms with Gasteiger partial charge in [-0.15, -0.1) is 0 Å². The number of benzene rings is 1. The quantitative estimate of drug-likeness (QED) is 0.843. The van der Waals surface area contributed by atoms with E-state index in [4.69, 9.17) is 5.11 Å². The Bertz CT molecular complexity index is 621. The average Bonchev–Trinajstić information content (AvgIpc) is 2.27. The number of hydrogen-bond donors (Lipinski definition) is 2. The van der Waals surface area contributed by atoms with Gasteiger partial charge in [-0.2, -0.15) is 0 Å². The Morgan fingerprint density at radius 3 is 2.37 bits per heavy atom. The summed E-state index contributed by atoms with van der Waals surface area (Å²) in [5.74, 6) is -1.77. The van der Waals surface area contributed by atoms with Crippen LogP contribution in [0.2, 0.25) is 0 Å². The molecule has 104 valence electrons. The zero-order chi connectivity index (χ0) is 14.8. The van der Waals surface area contributed by atoms with Gasteiger partial charge in [0.1, 0.15) is 6.04 Å². The highest BCUT2D eigenvalue weighted by Gasteiger charge is 2.18. The van der Waals surface area contributed by atoms with Crippen molar-refractivity contribution >= 4 is 21.7 Å². The number of carbonyl (C=O) groups is 2. The molecule has 1 aromatic carbocycles. The van der Waals surface area contributed by atoms with Crippen LogP contribution in [-0.4, -0.2) is 37.7 Å². The second kappa shape index (κ2) is 5.40. The Kier molecular flexibility index (Phi) is 4.31. The van der Waals surface area contributed by atoms with Gasteiger partial charge < -0.3 is 10.4 Å². The van der Waals surface area contributed by atoms with Crippen molar-refractivity contribution < 1.29 is 23.1 Å². The number of carboxylic acid groups (broad SMARTS) is 1. The molecule has 0 radical (unpaired) electrons. The summed E-state index contributed by atoms with van der Waals surface area (Å²) in [5.41, 5.74) is 0.721. The molecular formula is C12H15NO5S. The van der Waals surface area contributed by atoms with Crippen LogP contribution in [0.15, 0.2) is 23.1 Å². The van der Waals surface area contributed by atoms with Gasteiger partial charge in [0.05, 0.1) is 4.90 Å². The van der Waals surface area contributed by atoms with Gasteiger partial charge in [0.2, 0.25) is 0 Å². The highest BCUT2D eigenvalue weighted by Crippen LogP contribution is 2.15. The third kappa shape index (κ3) is 3.78. The molecule has 0 spiro atoms. The fraction of sp³-hybridized carbons (Fsp3) is 0.333. The lowest BCUT2D eigenvalue weighted by molar-refractivity contribution is -0.138. The van der Waals surface area contributed by atoms with Crippen molar-refractivity contribution in [2.24, 2.45) is 0 Å². The van der Waals surface area contributed by atoms with E-state index in [9.17, 15) is 18.0 Å². The van der Waals surface area contributed by atoms with Crippen LogP contribution in [0.4, 0.5) is 0 Å². The molecule has 0 fully saturated rings. The molecule has 0 aliphatic rings. The van der Waals surface area contributed by atoms with Crippen molar-refractivity contribution in [2.45, 2.75) is 24.8 Å². The lowest BCUT2D eigenvalue weighted by atomic mass is 10.1. The third-order valence-electron chi connectivity index (χ3n) is 2.60. The molecule has 0 saturated carbocycles. The largest absolute Gasteiger partial charge is 0.480 e. The van der Waals surface area contributed by atoms with Crippen molar-refractivity contribution in [1.29, 1.82) is 0 Å². The third-order valence-corrected chi connectivity index (χ3v) is 3.71. The Balaban J connectivity index is 3.13. The van der Waals surface area contributed by atoms with Crippen LogP contribution in [0.3, 0.4) is 0 Å². The highest BCUT2D eigenvalue weighted by atomic mass is 32.2. The minimum absolute atomic E-state index is 0.0197. The number of rotatable bonds is 4. The maximum Gasteiger partial charge on any atom is 0.325 e. The molecule has 1 amide bonds. The van der Waals surface area contributed by atoms with E-state index in [1.807, 2.05) is 0 Å². The van der Waals surface area contributed by atoms with Crippen molar-refractivity contribution in [3.05, 3.63) is 29.3 Å². The van der Waals surface area contributed by atoms with E-state index in [1.54, 1.807) is 6.92 Å². The molecule has 0 aliphatic heterocycles. The molecule has 1 unspecified atom stereocenters. The Morgan fingerprint density at radius 2 is 1.89 bits per heavy atom. The summed E-state index contributed by atoms with van der Waals surface area (Å²) in [6, 6.07) is 3.11. The molecule has 6 nitrogen and oxygen atoms in total. The zero-order valence-electron chi connectivity index (χ0n) is 10.8. The molecule has 0 saturated heterocycles. The van der Waals surface area contributed by atoms with E-state index in [2.05, 4.69) is 5.32 Å². The molecule has 0 aliphatic carbocycles. The van der Waals surface area contributed by atoms with Gasteiger partial charge in [0, 0.05) is 11.8 Å². The lowest BCUT2D eigenvalue weighted by Gasteiger charge is -2.11. The number of hydrogen-bond acceptors (Lipinski definition) is 4. The van der Waals surface area contributed by atoms with Crippen molar-refractivity contribution in [3.63, 3.8) is 0 Å². The van der Waals surface area contributed by atoms with Crippen LogP contribution < -0.4 is 5.32 Å². The fourth-order valence-corrected chi connectivity index (χ4v) is 2.06. The number of carboxylic acids is 1. The van der Waals surface area contributed by atoms with Crippen molar-refractivity contribution in [1.82, 2.24) is 5.32 Å². The first kappa shape index (κ1) is 15.2. The SMILES string of the molecule is Cc1ccc(S(C)(=O)=O)cc1C(=O)NC(C)C(=O)O. The molecule has 19 heavy (non-hydrogen) atoms. The normalized spacial score (nSPS) is 12.8. The number of aliphatic carboxylic acids is 1. The van der Waals surface area contributed by atoms with Crippen LogP contribution >= 0.6 is 0 Å². The number of carbonyl (C=O) groups excluding carboxylic acids is 1. The van der Waals surface area contributed by atoms with Gasteiger partial charge >= 0.3 is 5.97 Å². The Morgan fingerprint density at radius 1 is 1.32 bits per heavy atom. The average molecular weight is 285 g/mol. The van der Waals surface area contributed by atoms with E-state index in [-0.39, 0.29) is 10.5 Å². The highest BCUT2D eigenvalue weighted by molar-refractivity contribution is 7.90. The maximum atomic E-state index is 11.9. The molecular weight excluding hydrogens is 270 g/mol. The summed E-state index contributed by atoms with van der Waals surface area (Å²) in [6.07, 6.45) is 1.04. The minimum Gasteiger partial charge on any atom is -0.480 e. The minimum atomic E-state index is -3.42. The van der Waals surface area contributed by atoms with E-state index in [0.717, 1.165) is 6.26 Å². The van der Waals surface area contributed by atoms with Crippen LogP contribution in [0.1, 0.15) is 22.8 Å². The predicted octanol–water partition coefficient (Wildman–Crippen LogP) is 0.601. The first-order valence-electron chi connectivity index (χ1n) is 5.47. The monoisotopic (exact) mass is 285 g/mol. The van der Waals surface area contributed by atoms with Crippen molar-refractivity contribution in [2.75, 3.05) is 6.26 Å². The van der Waals surface area contributed by atoms with E-state index < -0.39 is 27.8 Å². The summed E-state index contributed by atoms with van der Waals surface area (Å²) in [7, 11) is -3.42. The van der Waals surface area contributed by atoms with Gasteiger partial charge in [0.15, 0.2) is 9.84 Å². The van der Waals surface area contributed by atoms with Gasteiger partial charge in [-0.05, 0) is 31.5 Å². The van der Waals surface area contributed by atoms with Gasteiger partial charge in [0.25, 0.3) is 5.91 Å². The first-order valence-corrected chi connectivity index (χ1v) is 7.36. The summed E-state index contributed by atoms with van der Waals surface area (Å²) < 4.78 is 22.8. The van der Waals surface area contributed by atoms with E-state index in [0.29, 0.717) is 5.56 Å². The Labute approximate surface area is 111 Å². The van der Waals surface area contributed by atoms with Crippen LogP contribution in [-0.2, 0) is 14.6 Å². The molecule has 1 aromatic rings. The maximum absolute atomic E-state index is 11.9. The van der Waals surface area contributed by atoms with Gasteiger partial charge in [-0.1, -0.05) is 6.07 Å². The van der Waals surface area contributed by atoms with Crippen LogP contribution in [0, 0.1) is 6.92 Å². The molecule has 1 rings (SSSR count). The predicted molar refractivity (Wildman–Crippen MR) is 68.9 cm³/mol. The van der Waals surface area contributed by atoms with E-state index >= 15 is 0 Å². The Hall–Kier alpha value is -1.89. The van der Waals surface area contributed by atoms with Gasteiger partial charge in [-0.3, -0.25) is 9.59 Å². The lowest BCUT2D eigenvalue weighted by Crippen LogP contribution is -2.38. The molecule has 0 aromatic heterocycles. The summed E-state index contributed by atoms with van der Waals surface area (Å²) >= 11 is 0. The van der Waals surface area contributed by atoms with Crippen LogP contribution in [0.25, 0.3) is 0 Å². The fourth-order valence-electron chi connectivity index (χ4n) is 1.41. The number of nitrogens with one attached hydrogen (secondary N) is 1. The second-order valence-electron chi connectivity index (χ2n) is 4.28. The molecule has 7 heteroatoms. The molecule has 0 bridgehead atoms. The summed E-state index contributed by atoms with van der Waals surface area (Å²) in [5, 5.41) is 11.0. The topological polar surface area (TPSA) is 101 Å². The number of amides is 1. The molecule has 2 N–H and O–H groups in total. The second-order valence-corrected chi connectivity index (χ2v) is 6.30. The smallest absolute Gasteiger partial charge is 0.325 e. The summed E-state index contributed by atoms with van der Waals surface area (Å²) in [4.78, 5) is 22.6. The number of sulfone groups is 1. The standard InChI is InChI=1S/C12H15NO5S/c1-7-4-5-9(19(3,17)18)6-10(7)11(14)13-8(2)12(15)16/h4-6,8H,1-3H3,(H,13,14)(H,15,16). The zero-order valence-corrected chi connectivity index (χ0v) is 11.6. The summed E-state index contributed by atoms with van der Waals surface area (Å²) in [6.45, 7) is 2.97. The first-order chi connectivity index (χ1) is 8.62. The van der Waals surface area contributed by atoms with Crippen molar-refractivity contribution in [3.8, 4) is 0 Å². The molecule has 1 atom stereocenters. The number of aryl methyl sites for hydroxylation is 1. The van der Waals surface area contributed by atoms with Crippen LogP contribution in [0.5, 0.6) is 0 Å². The van der Waals surface area contributed by atoms with Gasteiger partial charge in [-0.25, -0.2) is 8.42 Å². The molecule has 0 heterocycles.